The van der Waals surface area contributed by atoms with E-state index in [1.165, 1.54) is 51.4 Å². The summed E-state index contributed by atoms with van der Waals surface area (Å²) in [5.41, 5.74) is 0. The molecule has 0 aliphatic rings. The molecule has 0 aromatic carbocycles. The molecule has 0 aliphatic heterocycles. The predicted molar refractivity (Wildman–Crippen MR) is 274 cm³/mol. The van der Waals surface area contributed by atoms with Crippen molar-refractivity contribution in [1.82, 2.24) is 0 Å². The molecule has 1 unspecified atom stereocenters. The van der Waals surface area contributed by atoms with Crippen LogP contribution in [0.15, 0.2) is 122 Å². The molecule has 0 amide bonds. The molecule has 0 aromatic rings. The van der Waals surface area contributed by atoms with Gasteiger partial charge in [-0.3, -0.25) is 14.4 Å². The maximum atomic E-state index is 12.8. The Hall–Kier alpha value is -4.19. The smallest absolute Gasteiger partial charge is 0.306 e. The number of rotatable bonds is 44. The van der Waals surface area contributed by atoms with Gasteiger partial charge in [0.05, 0.1) is 0 Å². The normalized spacial score (nSPS) is 13.1. The van der Waals surface area contributed by atoms with Gasteiger partial charge in [-0.1, -0.05) is 226 Å². The Bertz CT molecular complexity index is 1390. The second-order valence-electron chi connectivity index (χ2n) is 16.5. The monoisotopic (exact) mass is 885 g/mol. The molecule has 0 heterocycles. The van der Waals surface area contributed by atoms with Gasteiger partial charge >= 0.3 is 17.9 Å². The molecule has 0 saturated carbocycles. The standard InChI is InChI=1S/C58H92O6/c1-4-7-10-13-16-19-22-25-27-28-29-31-33-36-39-42-45-48-51-57(60)63-54-55(53-62-56(59)50-47-44-41-38-35-32-24-21-18-15-12-9-6-3)64-58(61)52-49-46-43-40-37-34-30-26-23-20-17-14-11-8-5-2/h8-9,11-12,14-15,17-18,20-21,23-24,26-31,34,37,55H,4-7,10,13,16,19,22,25,32-33,35-36,38-54H2,1-3H3/b11-8+,12-9+,17-14+,18-15+,23-20+,24-21+,28-27+,30-26+,31-29+,37-34+. The van der Waals surface area contributed by atoms with Gasteiger partial charge < -0.3 is 14.2 Å². The van der Waals surface area contributed by atoms with Crippen LogP contribution in [0, 0.1) is 0 Å². The van der Waals surface area contributed by atoms with Crippen molar-refractivity contribution in [3.63, 3.8) is 0 Å². The predicted octanol–water partition coefficient (Wildman–Crippen LogP) is 16.9. The fourth-order valence-electron chi connectivity index (χ4n) is 6.57. The summed E-state index contributed by atoms with van der Waals surface area (Å²) in [6.45, 7) is 6.27. The first-order valence-corrected chi connectivity index (χ1v) is 25.7. The van der Waals surface area contributed by atoms with Crippen LogP contribution in [0.5, 0.6) is 0 Å². The molecule has 64 heavy (non-hydrogen) atoms. The highest BCUT2D eigenvalue weighted by atomic mass is 16.6. The van der Waals surface area contributed by atoms with Gasteiger partial charge in [-0.25, -0.2) is 0 Å². The van der Waals surface area contributed by atoms with Crippen LogP contribution in [0.1, 0.15) is 207 Å². The van der Waals surface area contributed by atoms with Crippen LogP contribution in [-0.4, -0.2) is 37.2 Å². The van der Waals surface area contributed by atoms with Crippen molar-refractivity contribution >= 4 is 17.9 Å². The lowest BCUT2D eigenvalue weighted by Gasteiger charge is -2.18. The van der Waals surface area contributed by atoms with Gasteiger partial charge in [0, 0.05) is 19.3 Å². The highest BCUT2D eigenvalue weighted by molar-refractivity contribution is 5.71. The van der Waals surface area contributed by atoms with Gasteiger partial charge in [-0.2, -0.15) is 0 Å². The molecule has 6 nitrogen and oxygen atoms in total. The minimum Gasteiger partial charge on any atom is -0.462 e. The summed E-state index contributed by atoms with van der Waals surface area (Å²) in [5.74, 6) is -0.999. The van der Waals surface area contributed by atoms with E-state index in [4.69, 9.17) is 14.2 Å². The Morgan fingerprint density at radius 2 is 0.609 bits per heavy atom. The maximum absolute atomic E-state index is 12.8. The van der Waals surface area contributed by atoms with Crippen LogP contribution in [0.3, 0.4) is 0 Å². The molecule has 0 spiro atoms. The summed E-state index contributed by atoms with van der Waals surface area (Å²) in [7, 11) is 0. The third kappa shape index (κ3) is 48.8. The minimum absolute atomic E-state index is 0.114. The zero-order chi connectivity index (χ0) is 46.5. The van der Waals surface area contributed by atoms with Crippen molar-refractivity contribution in [3.05, 3.63) is 122 Å². The van der Waals surface area contributed by atoms with Crippen molar-refractivity contribution in [3.8, 4) is 0 Å². The third-order valence-corrected chi connectivity index (χ3v) is 10.4. The first-order chi connectivity index (χ1) is 31.5. The summed E-state index contributed by atoms with van der Waals surface area (Å²) in [6.07, 6.45) is 70.4. The lowest BCUT2D eigenvalue weighted by Crippen LogP contribution is -2.30. The second kappa shape index (κ2) is 51.4. The fraction of sp³-hybridized carbons (Fsp3) is 0.603. The highest BCUT2D eigenvalue weighted by Crippen LogP contribution is 2.13. The van der Waals surface area contributed by atoms with Gasteiger partial charge in [-0.15, -0.1) is 0 Å². The number of carbonyl (C=O) groups excluding carboxylic acids is 3. The number of carbonyl (C=O) groups is 3. The lowest BCUT2D eigenvalue weighted by molar-refractivity contribution is -0.167. The average Bonchev–Trinajstić information content (AvgIpc) is 3.29. The molecule has 1 atom stereocenters. The van der Waals surface area contributed by atoms with Crippen LogP contribution in [0.2, 0.25) is 0 Å². The number of hydrogen-bond acceptors (Lipinski definition) is 6. The van der Waals surface area contributed by atoms with Crippen LogP contribution in [-0.2, 0) is 28.6 Å². The summed E-state index contributed by atoms with van der Waals surface area (Å²) in [4.78, 5) is 38.0. The van der Waals surface area contributed by atoms with E-state index in [2.05, 4.69) is 87.6 Å². The molecule has 0 fully saturated rings. The summed E-state index contributed by atoms with van der Waals surface area (Å²) < 4.78 is 16.7. The molecular weight excluding hydrogens is 793 g/mol. The van der Waals surface area contributed by atoms with Crippen molar-refractivity contribution in [2.45, 2.75) is 213 Å². The summed E-state index contributed by atoms with van der Waals surface area (Å²) in [6, 6.07) is 0. The zero-order valence-electron chi connectivity index (χ0n) is 41.0. The van der Waals surface area contributed by atoms with E-state index < -0.39 is 6.10 Å². The van der Waals surface area contributed by atoms with Gasteiger partial charge in [0.25, 0.3) is 0 Å². The second-order valence-corrected chi connectivity index (χ2v) is 16.5. The highest BCUT2D eigenvalue weighted by Gasteiger charge is 2.19. The molecule has 0 rings (SSSR count). The van der Waals surface area contributed by atoms with Crippen molar-refractivity contribution in [1.29, 1.82) is 0 Å². The van der Waals surface area contributed by atoms with Crippen LogP contribution >= 0.6 is 0 Å². The van der Waals surface area contributed by atoms with Crippen molar-refractivity contribution < 1.29 is 28.6 Å². The summed E-state index contributed by atoms with van der Waals surface area (Å²) in [5, 5.41) is 0. The Morgan fingerprint density at radius 1 is 0.328 bits per heavy atom. The molecule has 0 bridgehead atoms. The SMILES string of the molecule is CC/C=C/C=C/C=C/C=C/C=C/CCCCCC(=O)OC(COC(=O)CCCCCCC/C=C/C=C/C=C/CC)COC(=O)CCCCCCC/C=C/C=C/CCCCCCCCC. The van der Waals surface area contributed by atoms with Gasteiger partial charge in [0.1, 0.15) is 13.2 Å². The van der Waals surface area contributed by atoms with E-state index in [1.54, 1.807) is 0 Å². The number of hydrogen-bond donors (Lipinski definition) is 0. The quantitative estimate of drug-likeness (QED) is 0.0262. The van der Waals surface area contributed by atoms with E-state index in [9.17, 15) is 14.4 Å². The molecular formula is C58H92O6. The molecule has 0 radical (unpaired) electrons. The van der Waals surface area contributed by atoms with E-state index in [-0.39, 0.29) is 37.5 Å². The first kappa shape index (κ1) is 59.8. The van der Waals surface area contributed by atoms with Crippen molar-refractivity contribution in [2.24, 2.45) is 0 Å². The largest absolute Gasteiger partial charge is 0.462 e. The topological polar surface area (TPSA) is 78.9 Å². The molecule has 0 aliphatic carbocycles. The van der Waals surface area contributed by atoms with E-state index in [1.807, 2.05) is 54.7 Å². The van der Waals surface area contributed by atoms with E-state index in [0.717, 1.165) is 109 Å². The average molecular weight is 885 g/mol. The number of ether oxygens (including phenoxy) is 3. The van der Waals surface area contributed by atoms with Crippen LogP contribution in [0.25, 0.3) is 0 Å². The Labute approximate surface area is 392 Å². The number of unbranched alkanes of at least 4 members (excludes halogenated alkanes) is 20. The van der Waals surface area contributed by atoms with Gasteiger partial charge in [0.2, 0.25) is 0 Å². The number of esters is 3. The Kier molecular flexibility index (Phi) is 48.1. The molecule has 0 saturated heterocycles. The van der Waals surface area contributed by atoms with Gasteiger partial charge in [0.15, 0.2) is 6.10 Å². The van der Waals surface area contributed by atoms with Crippen molar-refractivity contribution in [2.75, 3.05) is 13.2 Å². The van der Waals surface area contributed by atoms with Crippen LogP contribution in [0.4, 0.5) is 0 Å². The number of allylic oxidation sites excluding steroid dienone is 20. The van der Waals surface area contributed by atoms with Gasteiger partial charge in [-0.05, 0) is 83.5 Å². The van der Waals surface area contributed by atoms with E-state index >= 15 is 0 Å². The molecule has 6 heteroatoms. The minimum atomic E-state index is -0.818. The maximum Gasteiger partial charge on any atom is 0.306 e. The van der Waals surface area contributed by atoms with E-state index in [0.29, 0.717) is 19.3 Å². The third-order valence-electron chi connectivity index (χ3n) is 10.4. The lowest BCUT2D eigenvalue weighted by atomic mass is 10.1. The Balaban J connectivity index is 4.53. The summed E-state index contributed by atoms with van der Waals surface area (Å²) >= 11 is 0. The molecule has 0 aromatic heterocycles. The molecule has 0 N–H and O–H groups in total. The zero-order valence-corrected chi connectivity index (χ0v) is 41.0. The molecule has 360 valence electrons. The fourth-order valence-corrected chi connectivity index (χ4v) is 6.57. The first-order valence-electron chi connectivity index (χ1n) is 25.7. The Morgan fingerprint density at radius 3 is 0.984 bits per heavy atom. The van der Waals surface area contributed by atoms with Crippen LogP contribution < -0.4 is 0 Å².